The molecule has 0 bridgehead atoms. The zero-order valence-electron chi connectivity index (χ0n) is 11.4. The Balaban J connectivity index is 1.87. The number of nitrogens with zero attached hydrogens (tertiary/aromatic N) is 1. The average molecular weight is 287 g/mol. The maximum absolute atomic E-state index is 5.88. The van der Waals surface area contributed by atoms with Crippen LogP contribution in [0.15, 0.2) is 36.7 Å². The summed E-state index contributed by atoms with van der Waals surface area (Å²) in [5, 5.41) is 1.84. The summed E-state index contributed by atoms with van der Waals surface area (Å²) in [5.41, 5.74) is 4.43. The molecule has 0 fully saturated rings. The number of aromatic nitrogens is 2. The van der Waals surface area contributed by atoms with Crippen LogP contribution in [-0.4, -0.2) is 9.97 Å². The average Bonchev–Trinajstić information content (AvgIpc) is 2.75. The van der Waals surface area contributed by atoms with Crippen molar-refractivity contribution < 1.29 is 4.74 Å². The van der Waals surface area contributed by atoms with E-state index in [0.29, 0.717) is 6.61 Å². The fourth-order valence-corrected chi connectivity index (χ4v) is 2.31. The number of hydrogen-bond acceptors (Lipinski definition) is 2. The van der Waals surface area contributed by atoms with Gasteiger partial charge in [0.25, 0.3) is 0 Å². The summed E-state index contributed by atoms with van der Waals surface area (Å²) in [5.74, 6) is 0.772. The number of hydrogen-bond donors (Lipinski definition) is 1. The third kappa shape index (κ3) is 2.37. The van der Waals surface area contributed by atoms with Crippen molar-refractivity contribution in [1.29, 1.82) is 0 Å². The Bertz CT molecular complexity index is 747. The van der Waals surface area contributed by atoms with Crippen LogP contribution in [-0.2, 0) is 6.61 Å². The molecule has 0 saturated heterocycles. The van der Waals surface area contributed by atoms with Crippen molar-refractivity contribution in [3.05, 3.63) is 58.5 Å². The molecule has 0 saturated carbocycles. The third-order valence-electron chi connectivity index (χ3n) is 3.50. The molecule has 20 heavy (non-hydrogen) atoms. The lowest BCUT2D eigenvalue weighted by molar-refractivity contribution is 0.308. The van der Waals surface area contributed by atoms with E-state index in [1.807, 2.05) is 30.5 Å². The number of aryl methyl sites for hydroxylation is 2. The highest BCUT2D eigenvalue weighted by Crippen LogP contribution is 2.28. The molecule has 0 radical (unpaired) electrons. The van der Waals surface area contributed by atoms with Crippen LogP contribution in [0.1, 0.15) is 16.8 Å². The van der Waals surface area contributed by atoms with E-state index in [0.717, 1.165) is 32.9 Å². The molecular formula is C16H15ClN2O. The van der Waals surface area contributed by atoms with Gasteiger partial charge >= 0.3 is 0 Å². The molecule has 2 heterocycles. The Hall–Kier alpha value is -2.00. The number of halogens is 1. The first-order chi connectivity index (χ1) is 9.65. The van der Waals surface area contributed by atoms with Gasteiger partial charge in [-0.1, -0.05) is 23.7 Å². The topological polar surface area (TPSA) is 37.9 Å². The SMILES string of the molecule is Cc1[nH]c2c(OCc3ccc(Cl)cc3)cncc2c1C. The zero-order chi connectivity index (χ0) is 14.1. The summed E-state index contributed by atoms with van der Waals surface area (Å²) < 4.78 is 5.88. The molecule has 0 aliphatic carbocycles. The number of benzene rings is 1. The minimum Gasteiger partial charge on any atom is -0.485 e. The van der Waals surface area contributed by atoms with Crippen molar-refractivity contribution in [2.75, 3.05) is 0 Å². The molecular weight excluding hydrogens is 272 g/mol. The molecule has 0 aliphatic rings. The van der Waals surface area contributed by atoms with E-state index >= 15 is 0 Å². The van der Waals surface area contributed by atoms with Gasteiger partial charge in [-0.15, -0.1) is 0 Å². The molecule has 0 aliphatic heterocycles. The molecule has 0 amide bonds. The van der Waals surface area contributed by atoms with Crippen LogP contribution in [0.25, 0.3) is 10.9 Å². The van der Waals surface area contributed by atoms with Crippen LogP contribution >= 0.6 is 11.6 Å². The maximum Gasteiger partial charge on any atom is 0.162 e. The Kier molecular flexibility index (Phi) is 3.36. The van der Waals surface area contributed by atoms with E-state index in [9.17, 15) is 0 Å². The number of H-pyrrole nitrogens is 1. The van der Waals surface area contributed by atoms with E-state index in [2.05, 4.69) is 23.8 Å². The molecule has 0 spiro atoms. The number of ether oxygens (including phenoxy) is 1. The maximum atomic E-state index is 5.88. The van der Waals surface area contributed by atoms with E-state index in [-0.39, 0.29) is 0 Å². The largest absolute Gasteiger partial charge is 0.485 e. The molecule has 2 aromatic heterocycles. The van der Waals surface area contributed by atoms with Crippen LogP contribution < -0.4 is 4.74 Å². The summed E-state index contributed by atoms with van der Waals surface area (Å²) in [4.78, 5) is 7.60. The highest BCUT2D eigenvalue weighted by molar-refractivity contribution is 6.30. The second-order valence-electron chi connectivity index (χ2n) is 4.85. The van der Waals surface area contributed by atoms with Gasteiger partial charge < -0.3 is 9.72 Å². The highest BCUT2D eigenvalue weighted by Gasteiger charge is 2.09. The lowest BCUT2D eigenvalue weighted by atomic mass is 10.2. The predicted octanol–water partition coefficient (Wildman–Crippen LogP) is 4.41. The number of rotatable bonds is 3. The summed E-state index contributed by atoms with van der Waals surface area (Å²) >= 11 is 5.87. The minimum atomic E-state index is 0.495. The zero-order valence-corrected chi connectivity index (χ0v) is 12.2. The first kappa shape index (κ1) is 13.0. The first-order valence-corrected chi connectivity index (χ1v) is 6.83. The molecule has 0 atom stereocenters. The van der Waals surface area contributed by atoms with Crippen LogP contribution in [0.5, 0.6) is 5.75 Å². The summed E-state index contributed by atoms with van der Waals surface area (Å²) in [7, 11) is 0. The normalized spacial score (nSPS) is 10.9. The lowest BCUT2D eigenvalue weighted by Gasteiger charge is -2.07. The van der Waals surface area contributed by atoms with Crippen LogP contribution in [0, 0.1) is 13.8 Å². The molecule has 3 rings (SSSR count). The number of fused-ring (bicyclic) bond motifs is 1. The van der Waals surface area contributed by atoms with Crippen LogP contribution in [0.2, 0.25) is 5.02 Å². The predicted molar refractivity (Wildman–Crippen MR) is 81.4 cm³/mol. The second-order valence-corrected chi connectivity index (χ2v) is 5.29. The van der Waals surface area contributed by atoms with Crippen molar-refractivity contribution in [3.8, 4) is 5.75 Å². The number of pyridine rings is 1. The molecule has 0 unspecified atom stereocenters. The Morgan fingerprint density at radius 1 is 1.15 bits per heavy atom. The molecule has 3 aromatic rings. The Labute approximate surface area is 122 Å². The highest BCUT2D eigenvalue weighted by atomic mass is 35.5. The fraction of sp³-hybridized carbons (Fsp3) is 0.188. The smallest absolute Gasteiger partial charge is 0.162 e. The molecule has 102 valence electrons. The van der Waals surface area contributed by atoms with Gasteiger partial charge in [-0.25, -0.2) is 0 Å². The van der Waals surface area contributed by atoms with Crippen LogP contribution in [0.3, 0.4) is 0 Å². The van der Waals surface area contributed by atoms with Gasteiger partial charge in [0.05, 0.1) is 11.7 Å². The molecule has 1 N–H and O–H groups in total. The summed E-state index contributed by atoms with van der Waals surface area (Å²) in [6.45, 7) is 4.63. The van der Waals surface area contributed by atoms with E-state index in [4.69, 9.17) is 16.3 Å². The molecule has 3 nitrogen and oxygen atoms in total. The van der Waals surface area contributed by atoms with E-state index in [1.54, 1.807) is 6.20 Å². The van der Waals surface area contributed by atoms with E-state index < -0.39 is 0 Å². The van der Waals surface area contributed by atoms with Gasteiger partial charge in [-0.05, 0) is 37.1 Å². The van der Waals surface area contributed by atoms with Crippen molar-refractivity contribution in [2.24, 2.45) is 0 Å². The number of nitrogens with one attached hydrogen (secondary N) is 1. The lowest BCUT2D eigenvalue weighted by Crippen LogP contribution is -1.96. The molecule has 1 aromatic carbocycles. The monoisotopic (exact) mass is 286 g/mol. The molecule has 4 heteroatoms. The quantitative estimate of drug-likeness (QED) is 0.774. The minimum absolute atomic E-state index is 0.495. The Morgan fingerprint density at radius 2 is 1.90 bits per heavy atom. The van der Waals surface area contributed by atoms with Crippen molar-refractivity contribution >= 4 is 22.5 Å². The summed E-state index contributed by atoms with van der Waals surface area (Å²) in [6.07, 6.45) is 3.61. The Morgan fingerprint density at radius 3 is 2.65 bits per heavy atom. The van der Waals surface area contributed by atoms with Crippen LogP contribution in [0.4, 0.5) is 0 Å². The van der Waals surface area contributed by atoms with E-state index in [1.165, 1.54) is 5.56 Å². The standard InChI is InChI=1S/C16H15ClN2O/c1-10-11(2)19-16-14(10)7-18-8-15(16)20-9-12-3-5-13(17)6-4-12/h3-8,19H,9H2,1-2H3. The van der Waals surface area contributed by atoms with Crippen molar-refractivity contribution in [2.45, 2.75) is 20.5 Å². The van der Waals surface area contributed by atoms with Gasteiger partial charge in [0, 0.05) is 22.3 Å². The second kappa shape index (κ2) is 5.17. The summed E-state index contributed by atoms with van der Waals surface area (Å²) in [6, 6.07) is 7.65. The van der Waals surface area contributed by atoms with Crippen molar-refractivity contribution in [1.82, 2.24) is 9.97 Å². The van der Waals surface area contributed by atoms with Gasteiger partial charge in [0.15, 0.2) is 5.75 Å². The van der Waals surface area contributed by atoms with Gasteiger partial charge in [0.2, 0.25) is 0 Å². The van der Waals surface area contributed by atoms with Gasteiger partial charge in [-0.3, -0.25) is 4.98 Å². The van der Waals surface area contributed by atoms with Crippen molar-refractivity contribution in [3.63, 3.8) is 0 Å². The van der Waals surface area contributed by atoms with Gasteiger partial charge in [0.1, 0.15) is 6.61 Å². The fourth-order valence-electron chi connectivity index (χ4n) is 2.19. The third-order valence-corrected chi connectivity index (χ3v) is 3.75. The first-order valence-electron chi connectivity index (χ1n) is 6.45. The van der Waals surface area contributed by atoms with Gasteiger partial charge in [-0.2, -0.15) is 0 Å². The number of aromatic amines is 1.